The molecule has 1 aromatic heterocycles. The highest BCUT2D eigenvalue weighted by atomic mass is 35.5. The lowest BCUT2D eigenvalue weighted by molar-refractivity contribution is -0.118. The number of hydrogen-bond acceptors (Lipinski definition) is 3. The molecular formula is C24H21Cl2N3O. The topological polar surface area (TPSA) is 57.8 Å². The van der Waals surface area contributed by atoms with Crippen molar-refractivity contribution < 1.29 is 4.79 Å². The highest BCUT2D eigenvalue weighted by Gasteiger charge is 2.42. The van der Waals surface area contributed by atoms with E-state index < -0.39 is 0 Å². The smallest absolute Gasteiger partial charge is 0.162 e. The van der Waals surface area contributed by atoms with E-state index in [0.717, 1.165) is 45.9 Å². The van der Waals surface area contributed by atoms with Crippen LogP contribution < -0.4 is 5.32 Å². The van der Waals surface area contributed by atoms with Crippen LogP contribution >= 0.6 is 23.2 Å². The van der Waals surface area contributed by atoms with Gasteiger partial charge in [-0.25, -0.2) is 0 Å². The Balaban J connectivity index is 1.73. The number of rotatable bonds is 2. The predicted octanol–water partition coefficient (Wildman–Crippen LogP) is 6.58. The molecule has 0 radical (unpaired) electrons. The van der Waals surface area contributed by atoms with Crippen molar-refractivity contribution in [3.05, 3.63) is 81.0 Å². The van der Waals surface area contributed by atoms with Crippen LogP contribution in [0, 0.1) is 5.41 Å². The zero-order valence-corrected chi connectivity index (χ0v) is 18.2. The molecular weight excluding hydrogens is 417 g/mol. The van der Waals surface area contributed by atoms with Gasteiger partial charge in [0.1, 0.15) is 0 Å². The van der Waals surface area contributed by atoms with E-state index in [1.54, 1.807) is 0 Å². The lowest BCUT2D eigenvalue weighted by Gasteiger charge is -2.38. The monoisotopic (exact) mass is 437 g/mol. The van der Waals surface area contributed by atoms with Gasteiger partial charge in [-0.05, 0) is 41.7 Å². The highest BCUT2D eigenvalue weighted by Crippen LogP contribution is 2.50. The first-order valence-electron chi connectivity index (χ1n) is 9.95. The number of benzene rings is 2. The molecule has 1 aliphatic heterocycles. The summed E-state index contributed by atoms with van der Waals surface area (Å²) < 4.78 is 0. The highest BCUT2D eigenvalue weighted by molar-refractivity contribution is 6.30. The Bertz CT molecular complexity index is 1170. The fourth-order valence-electron chi connectivity index (χ4n) is 4.62. The number of Topliss-reactive ketones (excluding diaryl/α,β-unsaturated/α-hetero) is 1. The Morgan fingerprint density at radius 2 is 1.60 bits per heavy atom. The molecule has 5 rings (SSSR count). The van der Waals surface area contributed by atoms with Gasteiger partial charge >= 0.3 is 0 Å². The van der Waals surface area contributed by atoms with Crippen molar-refractivity contribution >= 4 is 34.8 Å². The first-order chi connectivity index (χ1) is 14.3. The predicted molar refractivity (Wildman–Crippen MR) is 121 cm³/mol. The van der Waals surface area contributed by atoms with Gasteiger partial charge in [-0.15, -0.1) is 0 Å². The van der Waals surface area contributed by atoms with Gasteiger partial charge in [-0.1, -0.05) is 61.3 Å². The van der Waals surface area contributed by atoms with E-state index in [4.69, 9.17) is 23.2 Å². The molecule has 2 heterocycles. The van der Waals surface area contributed by atoms with Crippen LogP contribution in [0.3, 0.4) is 0 Å². The summed E-state index contributed by atoms with van der Waals surface area (Å²) in [5.41, 5.74) is 5.59. The largest absolute Gasteiger partial charge is 0.342 e. The molecule has 1 unspecified atom stereocenters. The van der Waals surface area contributed by atoms with Crippen LogP contribution in [-0.2, 0) is 4.79 Å². The van der Waals surface area contributed by atoms with Crippen molar-refractivity contribution in [1.82, 2.24) is 10.2 Å². The standard InChI is InChI=1S/C24H21Cl2N3O/c1-24(2)11-17-20(18(30)12-24)19(13-3-7-15(25)8-4-13)21-22(28-29-23(21)27-17)14-5-9-16(26)10-6-14/h3-10,19H,11-12H2,1-2H3,(H2,27,28,29). The second-order valence-electron chi connectivity index (χ2n) is 8.81. The first kappa shape index (κ1) is 19.4. The van der Waals surface area contributed by atoms with Gasteiger partial charge in [0.2, 0.25) is 0 Å². The summed E-state index contributed by atoms with van der Waals surface area (Å²) in [7, 11) is 0. The van der Waals surface area contributed by atoms with E-state index in [1.807, 2.05) is 48.5 Å². The van der Waals surface area contributed by atoms with Gasteiger partial charge in [0, 0.05) is 44.8 Å². The third-order valence-corrected chi connectivity index (χ3v) is 6.41. The molecule has 0 spiro atoms. The van der Waals surface area contributed by atoms with Gasteiger partial charge < -0.3 is 5.32 Å². The number of nitrogens with one attached hydrogen (secondary N) is 2. The summed E-state index contributed by atoms with van der Waals surface area (Å²) in [4.78, 5) is 13.3. The minimum Gasteiger partial charge on any atom is -0.342 e. The van der Waals surface area contributed by atoms with E-state index in [0.29, 0.717) is 16.5 Å². The van der Waals surface area contributed by atoms with Crippen molar-refractivity contribution in [2.75, 3.05) is 5.32 Å². The molecule has 2 N–H and O–H groups in total. The molecule has 0 amide bonds. The van der Waals surface area contributed by atoms with Crippen LogP contribution in [0.1, 0.15) is 43.7 Å². The van der Waals surface area contributed by atoms with Crippen LogP contribution in [0.5, 0.6) is 0 Å². The van der Waals surface area contributed by atoms with Crippen LogP contribution in [0.4, 0.5) is 5.82 Å². The van der Waals surface area contributed by atoms with E-state index >= 15 is 0 Å². The maximum Gasteiger partial charge on any atom is 0.162 e. The quantitative estimate of drug-likeness (QED) is 0.475. The number of anilines is 1. The molecule has 4 nitrogen and oxygen atoms in total. The summed E-state index contributed by atoms with van der Waals surface area (Å²) in [5, 5.41) is 12.6. The average Bonchev–Trinajstić information content (AvgIpc) is 3.10. The molecule has 152 valence electrons. The maximum absolute atomic E-state index is 13.3. The third kappa shape index (κ3) is 3.24. The van der Waals surface area contributed by atoms with E-state index in [1.165, 1.54) is 0 Å². The summed E-state index contributed by atoms with van der Waals surface area (Å²) in [5.74, 6) is 0.744. The number of allylic oxidation sites excluding steroid dienone is 2. The minimum absolute atomic E-state index is 0.0831. The normalized spacial score (nSPS) is 19.9. The first-order valence-corrected chi connectivity index (χ1v) is 10.7. The Kier molecular flexibility index (Phi) is 4.53. The molecule has 1 atom stereocenters. The van der Waals surface area contributed by atoms with Crippen molar-refractivity contribution in [3.63, 3.8) is 0 Å². The fourth-order valence-corrected chi connectivity index (χ4v) is 4.87. The van der Waals surface area contributed by atoms with Gasteiger partial charge in [0.25, 0.3) is 0 Å². The lowest BCUT2D eigenvalue weighted by Crippen LogP contribution is -2.33. The molecule has 2 aromatic carbocycles. The summed E-state index contributed by atoms with van der Waals surface area (Å²) in [6.07, 6.45) is 1.34. The molecule has 1 aliphatic carbocycles. The molecule has 0 bridgehead atoms. The molecule has 6 heteroatoms. The van der Waals surface area contributed by atoms with E-state index in [2.05, 4.69) is 29.4 Å². The number of ketones is 1. The number of fused-ring (bicyclic) bond motifs is 1. The lowest BCUT2D eigenvalue weighted by atomic mass is 9.69. The molecule has 0 saturated carbocycles. The number of aromatic amines is 1. The van der Waals surface area contributed by atoms with Crippen molar-refractivity contribution in [2.45, 2.75) is 32.6 Å². The fraction of sp³-hybridized carbons (Fsp3) is 0.250. The zero-order chi connectivity index (χ0) is 21.0. The molecule has 0 fully saturated rings. The third-order valence-electron chi connectivity index (χ3n) is 5.91. The Hall–Kier alpha value is -2.56. The summed E-state index contributed by atoms with van der Waals surface area (Å²) >= 11 is 12.2. The maximum atomic E-state index is 13.3. The van der Waals surface area contributed by atoms with Crippen LogP contribution in [0.2, 0.25) is 10.0 Å². The average molecular weight is 438 g/mol. The van der Waals surface area contributed by atoms with Crippen LogP contribution in [0.15, 0.2) is 59.8 Å². The molecule has 2 aliphatic rings. The van der Waals surface area contributed by atoms with Crippen LogP contribution in [0.25, 0.3) is 11.3 Å². The zero-order valence-electron chi connectivity index (χ0n) is 16.7. The second-order valence-corrected chi connectivity index (χ2v) is 9.68. The van der Waals surface area contributed by atoms with Gasteiger partial charge in [-0.3, -0.25) is 9.89 Å². The second kappa shape index (κ2) is 7.00. The van der Waals surface area contributed by atoms with Crippen LogP contribution in [-0.4, -0.2) is 16.0 Å². The number of nitrogens with zero attached hydrogens (tertiary/aromatic N) is 1. The number of carbonyl (C=O) groups excluding carboxylic acids is 1. The van der Waals surface area contributed by atoms with Gasteiger partial charge in [-0.2, -0.15) is 5.10 Å². The van der Waals surface area contributed by atoms with Gasteiger partial charge in [0.15, 0.2) is 11.6 Å². The number of aromatic nitrogens is 2. The van der Waals surface area contributed by atoms with Gasteiger partial charge in [0.05, 0.1) is 5.69 Å². The number of carbonyl (C=O) groups is 1. The Morgan fingerprint density at radius 3 is 2.27 bits per heavy atom. The van der Waals surface area contributed by atoms with E-state index in [-0.39, 0.29) is 17.1 Å². The summed E-state index contributed by atoms with van der Waals surface area (Å²) in [6.45, 7) is 4.26. The van der Waals surface area contributed by atoms with Crippen molar-refractivity contribution in [3.8, 4) is 11.3 Å². The molecule has 0 saturated heterocycles. The van der Waals surface area contributed by atoms with Crippen molar-refractivity contribution in [2.24, 2.45) is 5.41 Å². The number of halogens is 2. The minimum atomic E-state index is -0.207. The Labute approximate surface area is 185 Å². The SMILES string of the molecule is CC1(C)CC(=O)C2=C(C1)Nc1n[nH]c(-c3ccc(Cl)cc3)c1C2c1ccc(Cl)cc1. The summed E-state index contributed by atoms with van der Waals surface area (Å²) in [6, 6.07) is 15.4. The number of H-pyrrole nitrogens is 1. The molecule has 3 aromatic rings. The Morgan fingerprint density at radius 1 is 0.967 bits per heavy atom. The number of hydrogen-bond donors (Lipinski definition) is 2. The van der Waals surface area contributed by atoms with Crippen molar-refractivity contribution in [1.29, 1.82) is 0 Å². The molecule has 30 heavy (non-hydrogen) atoms. The van der Waals surface area contributed by atoms with E-state index in [9.17, 15) is 4.79 Å².